The topological polar surface area (TPSA) is 56.7 Å². The third-order valence-corrected chi connectivity index (χ3v) is 4.19. The van der Waals surface area contributed by atoms with Crippen molar-refractivity contribution >= 4 is 17.4 Å². The average molecular weight is 311 g/mol. The van der Waals surface area contributed by atoms with Crippen LogP contribution in [0.4, 0.5) is 11.5 Å². The predicted octanol–water partition coefficient (Wildman–Crippen LogP) is 2.23. The van der Waals surface area contributed by atoms with Gasteiger partial charge in [0.2, 0.25) is 0 Å². The molecule has 0 bridgehead atoms. The van der Waals surface area contributed by atoms with Crippen molar-refractivity contribution in [2.24, 2.45) is 0 Å². The van der Waals surface area contributed by atoms with Gasteiger partial charge in [-0.25, -0.2) is 4.98 Å². The van der Waals surface area contributed by atoms with Crippen molar-refractivity contribution in [3.63, 3.8) is 0 Å². The van der Waals surface area contributed by atoms with Crippen molar-refractivity contribution in [1.29, 1.82) is 0 Å². The number of likely N-dealkylation sites (N-methyl/N-ethyl adjacent to an activating group) is 1. The van der Waals surface area contributed by atoms with Crippen LogP contribution in [0, 0.1) is 0 Å². The number of anilines is 2. The van der Waals surface area contributed by atoms with Gasteiger partial charge in [0.15, 0.2) is 0 Å². The minimum atomic E-state index is -0.180. The Labute approximate surface area is 136 Å². The number of fused-ring (bicyclic) bond motifs is 1. The highest BCUT2D eigenvalue weighted by atomic mass is 16.3. The predicted molar refractivity (Wildman–Crippen MR) is 90.0 cm³/mol. The number of aliphatic hydroxyl groups is 1. The molecule has 1 aliphatic heterocycles. The highest BCUT2D eigenvalue weighted by Gasteiger charge is 2.28. The Bertz CT molecular complexity index is 717. The summed E-state index contributed by atoms with van der Waals surface area (Å²) in [6.45, 7) is 2.40. The number of nitrogens with zero attached hydrogens (tertiary/aromatic N) is 3. The lowest BCUT2D eigenvalue weighted by atomic mass is 10.1. The summed E-state index contributed by atoms with van der Waals surface area (Å²) < 4.78 is 0. The van der Waals surface area contributed by atoms with Gasteiger partial charge in [0.05, 0.1) is 6.61 Å². The molecule has 5 nitrogen and oxygen atoms in total. The van der Waals surface area contributed by atoms with Crippen molar-refractivity contribution in [3.05, 3.63) is 53.7 Å². The standard InChI is InChI=1S/C18H21N3O2/c1-13-12-14-6-3-4-8-16(14)21(13)17-9-5-7-15(19-17)18(23)20(2)10-11-22/h3-9,13,22H,10-12H2,1-2H3. The molecule has 0 radical (unpaired) electrons. The molecule has 2 aromatic rings. The van der Waals surface area contributed by atoms with Crippen LogP contribution in [0.15, 0.2) is 42.5 Å². The van der Waals surface area contributed by atoms with Crippen LogP contribution in [-0.2, 0) is 6.42 Å². The second-order valence-electron chi connectivity index (χ2n) is 5.88. The van der Waals surface area contributed by atoms with E-state index < -0.39 is 0 Å². The van der Waals surface area contributed by atoms with Crippen LogP contribution in [0.5, 0.6) is 0 Å². The molecule has 0 spiro atoms. The van der Waals surface area contributed by atoms with Crippen LogP contribution in [-0.4, -0.2) is 47.1 Å². The van der Waals surface area contributed by atoms with Gasteiger partial charge in [-0.3, -0.25) is 4.79 Å². The number of aliphatic hydroxyl groups excluding tert-OH is 1. The molecular weight excluding hydrogens is 290 g/mol. The van der Waals surface area contributed by atoms with Crippen molar-refractivity contribution in [2.75, 3.05) is 25.1 Å². The van der Waals surface area contributed by atoms with E-state index in [0.717, 1.165) is 17.9 Å². The molecular formula is C18H21N3O2. The summed E-state index contributed by atoms with van der Waals surface area (Å²) in [5, 5.41) is 8.98. The fourth-order valence-corrected chi connectivity index (χ4v) is 3.04. The molecule has 0 saturated heterocycles. The maximum Gasteiger partial charge on any atom is 0.272 e. The Kier molecular flexibility index (Phi) is 4.30. The summed E-state index contributed by atoms with van der Waals surface area (Å²) in [6.07, 6.45) is 0.973. The Hall–Kier alpha value is -2.40. The molecule has 1 amide bonds. The van der Waals surface area contributed by atoms with Gasteiger partial charge >= 0.3 is 0 Å². The highest BCUT2D eigenvalue weighted by Crippen LogP contribution is 2.37. The van der Waals surface area contributed by atoms with Crippen LogP contribution in [0.2, 0.25) is 0 Å². The first-order valence-corrected chi connectivity index (χ1v) is 7.82. The van der Waals surface area contributed by atoms with Crippen molar-refractivity contribution in [2.45, 2.75) is 19.4 Å². The first kappa shape index (κ1) is 15.5. The summed E-state index contributed by atoms with van der Waals surface area (Å²) in [7, 11) is 1.67. The smallest absolute Gasteiger partial charge is 0.272 e. The summed E-state index contributed by atoms with van der Waals surface area (Å²) in [5.74, 6) is 0.603. The van der Waals surface area contributed by atoms with E-state index in [1.807, 2.05) is 24.3 Å². The van der Waals surface area contributed by atoms with E-state index in [9.17, 15) is 4.79 Å². The molecule has 3 rings (SSSR count). The second kappa shape index (κ2) is 6.38. The number of carbonyl (C=O) groups is 1. The number of carbonyl (C=O) groups excluding carboxylic acids is 1. The number of aromatic nitrogens is 1. The first-order valence-electron chi connectivity index (χ1n) is 7.82. The number of benzene rings is 1. The van der Waals surface area contributed by atoms with E-state index in [1.54, 1.807) is 13.1 Å². The number of hydrogen-bond acceptors (Lipinski definition) is 4. The molecule has 1 unspecified atom stereocenters. The molecule has 120 valence electrons. The third kappa shape index (κ3) is 2.92. The molecule has 2 heterocycles. The molecule has 1 aromatic heterocycles. The number of para-hydroxylation sites is 1. The van der Waals surface area contributed by atoms with Crippen LogP contribution in [0.1, 0.15) is 23.0 Å². The van der Waals surface area contributed by atoms with E-state index >= 15 is 0 Å². The maximum absolute atomic E-state index is 12.4. The minimum absolute atomic E-state index is 0.0571. The quantitative estimate of drug-likeness (QED) is 0.941. The zero-order valence-corrected chi connectivity index (χ0v) is 13.4. The summed E-state index contributed by atoms with van der Waals surface area (Å²) >= 11 is 0. The zero-order chi connectivity index (χ0) is 16.4. The molecule has 0 saturated carbocycles. The summed E-state index contributed by atoms with van der Waals surface area (Å²) in [5.41, 5.74) is 2.85. The Morgan fingerprint density at radius 3 is 2.87 bits per heavy atom. The molecule has 23 heavy (non-hydrogen) atoms. The van der Waals surface area contributed by atoms with Crippen molar-refractivity contribution in [1.82, 2.24) is 9.88 Å². The molecule has 0 aliphatic carbocycles. The number of rotatable bonds is 4. The van der Waals surface area contributed by atoms with Crippen LogP contribution in [0.3, 0.4) is 0 Å². The third-order valence-electron chi connectivity index (χ3n) is 4.19. The van der Waals surface area contributed by atoms with Gasteiger partial charge in [0.1, 0.15) is 11.5 Å². The Morgan fingerprint density at radius 2 is 2.09 bits per heavy atom. The van der Waals surface area contributed by atoms with Gasteiger partial charge < -0.3 is 14.9 Å². The molecule has 1 aromatic carbocycles. The maximum atomic E-state index is 12.4. The van der Waals surface area contributed by atoms with Crippen molar-refractivity contribution < 1.29 is 9.90 Å². The highest BCUT2D eigenvalue weighted by molar-refractivity contribution is 5.92. The van der Waals surface area contributed by atoms with Gasteiger partial charge in [0.25, 0.3) is 5.91 Å². The summed E-state index contributed by atoms with van der Waals surface area (Å²) in [6, 6.07) is 14.1. The average Bonchev–Trinajstić information content (AvgIpc) is 2.90. The SMILES string of the molecule is CC1Cc2ccccc2N1c1cccc(C(=O)N(C)CCO)n1. The molecule has 0 fully saturated rings. The second-order valence-corrected chi connectivity index (χ2v) is 5.88. The van der Waals surface area contributed by atoms with Crippen LogP contribution >= 0.6 is 0 Å². The van der Waals surface area contributed by atoms with Gasteiger partial charge in [0, 0.05) is 25.3 Å². The van der Waals surface area contributed by atoms with Crippen LogP contribution < -0.4 is 4.90 Å². The van der Waals surface area contributed by atoms with E-state index in [1.165, 1.54) is 10.5 Å². The molecule has 5 heteroatoms. The molecule has 1 atom stereocenters. The van der Waals surface area contributed by atoms with Crippen molar-refractivity contribution in [3.8, 4) is 0 Å². The normalized spacial score (nSPS) is 16.3. The number of hydrogen-bond donors (Lipinski definition) is 1. The van der Waals surface area contributed by atoms with Gasteiger partial charge in [-0.15, -0.1) is 0 Å². The van der Waals surface area contributed by atoms with Gasteiger partial charge in [-0.1, -0.05) is 24.3 Å². The minimum Gasteiger partial charge on any atom is -0.395 e. The Balaban J connectivity index is 1.93. The Morgan fingerprint density at radius 1 is 1.30 bits per heavy atom. The van der Waals surface area contributed by atoms with E-state index in [-0.39, 0.29) is 12.5 Å². The monoisotopic (exact) mass is 311 g/mol. The number of amides is 1. The largest absolute Gasteiger partial charge is 0.395 e. The van der Waals surface area contributed by atoms with Gasteiger partial charge in [-0.05, 0) is 37.1 Å². The number of pyridine rings is 1. The molecule has 1 N–H and O–H groups in total. The lowest BCUT2D eigenvalue weighted by molar-refractivity contribution is 0.0761. The zero-order valence-electron chi connectivity index (χ0n) is 13.4. The first-order chi connectivity index (χ1) is 11.1. The summed E-state index contributed by atoms with van der Waals surface area (Å²) in [4.78, 5) is 20.6. The fraction of sp³-hybridized carbons (Fsp3) is 0.333. The fourth-order valence-electron chi connectivity index (χ4n) is 3.04. The van der Waals surface area contributed by atoms with E-state index in [0.29, 0.717) is 18.3 Å². The van der Waals surface area contributed by atoms with E-state index in [4.69, 9.17) is 5.11 Å². The van der Waals surface area contributed by atoms with E-state index in [2.05, 4.69) is 28.9 Å². The lowest BCUT2D eigenvalue weighted by Gasteiger charge is -2.24. The lowest BCUT2D eigenvalue weighted by Crippen LogP contribution is -2.31. The van der Waals surface area contributed by atoms with Crippen LogP contribution in [0.25, 0.3) is 0 Å². The van der Waals surface area contributed by atoms with Gasteiger partial charge in [-0.2, -0.15) is 0 Å². The molecule has 1 aliphatic rings.